The van der Waals surface area contributed by atoms with Gasteiger partial charge in [-0.1, -0.05) is 6.07 Å². The molecule has 1 aromatic heterocycles. The zero-order valence-corrected chi connectivity index (χ0v) is 11.0. The topological polar surface area (TPSA) is 67.2 Å². The van der Waals surface area contributed by atoms with Crippen molar-refractivity contribution in [1.29, 1.82) is 0 Å². The van der Waals surface area contributed by atoms with E-state index in [-0.39, 0.29) is 17.2 Å². The number of aromatic nitrogens is 1. The van der Waals surface area contributed by atoms with Crippen LogP contribution in [0.2, 0.25) is 0 Å². The van der Waals surface area contributed by atoms with Crippen molar-refractivity contribution in [3.63, 3.8) is 0 Å². The van der Waals surface area contributed by atoms with E-state index in [4.69, 9.17) is 4.42 Å². The van der Waals surface area contributed by atoms with E-state index in [1.807, 2.05) is 6.07 Å². The summed E-state index contributed by atoms with van der Waals surface area (Å²) >= 11 is 0. The number of benzene rings is 1. The molecule has 2 heterocycles. The highest BCUT2D eigenvalue weighted by atomic mass is 19.1. The van der Waals surface area contributed by atoms with Crippen LogP contribution >= 0.6 is 0 Å². The second-order valence-corrected chi connectivity index (χ2v) is 4.70. The molecule has 0 bridgehead atoms. The average Bonchev–Trinajstić information content (AvgIpc) is 2.88. The van der Waals surface area contributed by atoms with Crippen LogP contribution in [0.3, 0.4) is 0 Å². The van der Waals surface area contributed by atoms with E-state index in [9.17, 15) is 9.18 Å². The Morgan fingerprint density at radius 1 is 1.50 bits per heavy atom. The maximum Gasteiger partial charge on any atom is 0.277 e. The number of carbonyl (C=O) groups excluding carboxylic acids is 1. The van der Waals surface area contributed by atoms with E-state index in [0.29, 0.717) is 24.3 Å². The molecule has 0 spiro atoms. The molecule has 104 valence electrons. The summed E-state index contributed by atoms with van der Waals surface area (Å²) in [7, 11) is 0. The fraction of sp³-hybridized carbons (Fsp3) is 0.286. The molecule has 6 heteroatoms. The van der Waals surface area contributed by atoms with Gasteiger partial charge in [-0.05, 0) is 37.1 Å². The molecular weight excluding hydrogens is 261 g/mol. The van der Waals surface area contributed by atoms with Gasteiger partial charge in [-0.2, -0.15) is 0 Å². The lowest BCUT2D eigenvalue weighted by atomic mass is 9.99. The minimum atomic E-state index is -0.468. The van der Waals surface area contributed by atoms with E-state index < -0.39 is 5.91 Å². The Kier molecular flexibility index (Phi) is 3.23. The number of halogens is 1. The summed E-state index contributed by atoms with van der Waals surface area (Å²) in [4.78, 5) is 15.8. The lowest BCUT2D eigenvalue weighted by Gasteiger charge is -2.19. The number of fused-ring (bicyclic) bond motifs is 1. The summed E-state index contributed by atoms with van der Waals surface area (Å²) in [6, 6.07) is 3.41. The lowest BCUT2D eigenvalue weighted by molar-refractivity contribution is 0.102. The van der Waals surface area contributed by atoms with Crippen molar-refractivity contribution >= 4 is 11.6 Å². The first-order chi connectivity index (χ1) is 9.66. The van der Waals surface area contributed by atoms with Gasteiger partial charge in [-0.25, -0.2) is 9.37 Å². The highest BCUT2D eigenvalue weighted by Gasteiger charge is 2.19. The third-order valence-corrected chi connectivity index (χ3v) is 3.42. The number of rotatable bonds is 2. The summed E-state index contributed by atoms with van der Waals surface area (Å²) < 4.78 is 19.3. The first kappa shape index (κ1) is 12.8. The van der Waals surface area contributed by atoms with Gasteiger partial charge < -0.3 is 15.1 Å². The zero-order valence-electron chi connectivity index (χ0n) is 11.0. The summed E-state index contributed by atoms with van der Waals surface area (Å²) in [5.74, 6) is -0.424. The maximum absolute atomic E-state index is 14.4. The predicted octanol–water partition coefficient (Wildman–Crippen LogP) is 2.02. The number of nitrogens with one attached hydrogen (secondary N) is 2. The van der Waals surface area contributed by atoms with Crippen LogP contribution in [0.5, 0.6) is 0 Å². The Morgan fingerprint density at radius 3 is 3.10 bits per heavy atom. The quantitative estimate of drug-likeness (QED) is 0.880. The minimum absolute atomic E-state index is 0.170. The molecule has 5 nitrogen and oxygen atoms in total. The molecule has 0 saturated carbocycles. The molecule has 0 unspecified atom stereocenters. The molecule has 2 N–H and O–H groups in total. The smallest absolute Gasteiger partial charge is 0.277 e. The molecule has 0 atom stereocenters. The second-order valence-electron chi connectivity index (χ2n) is 4.70. The zero-order chi connectivity index (χ0) is 14.1. The van der Waals surface area contributed by atoms with E-state index in [0.717, 1.165) is 12.1 Å². The fourth-order valence-electron chi connectivity index (χ4n) is 2.33. The molecule has 1 aromatic carbocycles. The van der Waals surface area contributed by atoms with E-state index in [2.05, 4.69) is 15.6 Å². The highest BCUT2D eigenvalue weighted by Crippen LogP contribution is 2.25. The molecule has 3 rings (SSSR count). The summed E-state index contributed by atoms with van der Waals surface area (Å²) in [5, 5.41) is 5.73. The van der Waals surface area contributed by atoms with Crippen LogP contribution in [0.25, 0.3) is 0 Å². The maximum atomic E-state index is 14.4. The molecule has 1 aliphatic rings. The van der Waals surface area contributed by atoms with E-state index >= 15 is 0 Å². The van der Waals surface area contributed by atoms with Crippen LogP contribution in [0.15, 0.2) is 22.9 Å². The third-order valence-electron chi connectivity index (χ3n) is 3.42. The second kappa shape index (κ2) is 5.05. The fourth-order valence-corrected chi connectivity index (χ4v) is 2.33. The Balaban J connectivity index is 1.88. The minimum Gasteiger partial charge on any atom is -0.448 e. The van der Waals surface area contributed by atoms with Gasteiger partial charge in [0.2, 0.25) is 0 Å². The van der Waals surface area contributed by atoms with E-state index in [1.165, 1.54) is 6.39 Å². The highest BCUT2D eigenvalue weighted by molar-refractivity contribution is 6.03. The summed E-state index contributed by atoms with van der Waals surface area (Å²) in [5.41, 5.74) is 1.95. The van der Waals surface area contributed by atoms with Crippen molar-refractivity contribution in [3.05, 3.63) is 46.9 Å². The van der Waals surface area contributed by atoms with Crippen molar-refractivity contribution in [2.75, 3.05) is 11.9 Å². The van der Waals surface area contributed by atoms with Crippen LogP contribution in [0.1, 0.15) is 27.4 Å². The Morgan fingerprint density at radius 2 is 2.35 bits per heavy atom. The van der Waals surface area contributed by atoms with Crippen molar-refractivity contribution in [1.82, 2.24) is 10.3 Å². The number of oxazole rings is 1. The number of hydrogen-bond acceptors (Lipinski definition) is 4. The molecule has 20 heavy (non-hydrogen) atoms. The number of aryl methyl sites for hydroxylation is 1. The van der Waals surface area contributed by atoms with Crippen LogP contribution in [0.4, 0.5) is 10.1 Å². The van der Waals surface area contributed by atoms with Gasteiger partial charge in [0.05, 0.1) is 5.69 Å². The SMILES string of the molecule is Cc1ocnc1C(=O)Nc1ccc2c(c1F)CCNC2. The third kappa shape index (κ3) is 2.18. The Labute approximate surface area is 115 Å². The van der Waals surface area contributed by atoms with Gasteiger partial charge in [-0.15, -0.1) is 0 Å². The summed E-state index contributed by atoms with van der Waals surface area (Å²) in [6.45, 7) is 3.03. The average molecular weight is 275 g/mol. The van der Waals surface area contributed by atoms with Crippen molar-refractivity contribution in [2.45, 2.75) is 19.9 Å². The van der Waals surface area contributed by atoms with Gasteiger partial charge in [0.25, 0.3) is 5.91 Å². The number of carbonyl (C=O) groups is 1. The molecule has 1 aliphatic heterocycles. The van der Waals surface area contributed by atoms with Crippen LogP contribution in [-0.2, 0) is 13.0 Å². The number of amides is 1. The Bertz CT molecular complexity index is 666. The van der Waals surface area contributed by atoms with Crippen molar-refractivity contribution < 1.29 is 13.6 Å². The van der Waals surface area contributed by atoms with Crippen LogP contribution in [-0.4, -0.2) is 17.4 Å². The normalized spacial score (nSPS) is 13.9. The molecule has 0 aliphatic carbocycles. The molecule has 0 radical (unpaired) electrons. The number of anilines is 1. The number of hydrogen-bond donors (Lipinski definition) is 2. The monoisotopic (exact) mass is 275 g/mol. The van der Waals surface area contributed by atoms with Gasteiger partial charge in [0.15, 0.2) is 12.1 Å². The molecule has 0 fully saturated rings. The van der Waals surface area contributed by atoms with E-state index in [1.54, 1.807) is 13.0 Å². The Hall–Kier alpha value is -2.21. The van der Waals surface area contributed by atoms with Crippen LogP contribution < -0.4 is 10.6 Å². The molecule has 1 amide bonds. The van der Waals surface area contributed by atoms with Gasteiger partial charge >= 0.3 is 0 Å². The summed E-state index contributed by atoms with van der Waals surface area (Å²) in [6.07, 6.45) is 1.81. The molecular formula is C14H14FN3O2. The van der Waals surface area contributed by atoms with Crippen molar-refractivity contribution in [3.8, 4) is 0 Å². The number of nitrogens with zero attached hydrogens (tertiary/aromatic N) is 1. The van der Waals surface area contributed by atoms with Gasteiger partial charge in [0.1, 0.15) is 11.6 Å². The molecule has 0 saturated heterocycles. The van der Waals surface area contributed by atoms with Crippen LogP contribution in [0, 0.1) is 12.7 Å². The lowest BCUT2D eigenvalue weighted by Crippen LogP contribution is -2.25. The standard InChI is InChI=1S/C14H14FN3O2/c1-8-13(17-7-20-8)14(19)18-11-3-2-9-6-16-5-4-10(9)12(11)15/h2-3,7,16H,4-6H2,1H3,(H,18,19). The van der Waals surface area contributed by atoms with Crippen molar-refractivity contribution in [2.24, 2.45) is 0 Å². The largest absolute Gasteiger partial charge is 0.448 e. The predicted molar refractivity (Wildman–Crippen MR) is 71.0 cm³/mol. The van der Waals surface area contributed by atoms with Gasteiger partial charge in [0, 0.05) is 6.54 Å². The van der Waals surface area contributed by atoms with Gasteiger partial charge in [-0.3, -0.25) is 4.79 Å². The first-order valence-electron chi connectivity index (χ1n) is 6.39. The first-order valence-corrected chi connectivity index (χ1v) is 6.39. The molecule has 2 aromatic rings.